The van der Waals surface area contributed by atoms with Crippen LogP contribution in [-0.2, 0) is 0 Å². The summed E-state index contributed by atoms with van der Waals surface area (Å²) in [6.07, 6.45) is 2.25. The van der Waals surface area contributed by atoms with E-state index in [4.69, 9.17) is 0 Å². The van der Waals surface area contributed by atoms with Gasteiger partial charge in [-0.25, -0.2) is 4.98 Å². The number of nitrogens with zero attached hydrogens (tertiary/aromatic N) is 3. The Morgan fingerprint density at radius 3 is 2.94 bits per heavy atom. The molecule has 0 saturated heterocycles. The number of hydrogen-bond acceptors (Lipinski definition) is 4. The second-order valence-electron chi connectivity index (χ2n) is 4.02. The quantitative estimate of drug-likeness (QED) is 0.681. The molecule has 0 unspecified atom stereocenters. The topological polar surface area (TPSA) is 73.9 Å². The molecule has 0 aromatic carbocycles. The lowest BCUT2D eigenvalue weighted by Crippen LogP contribution is -2.31. The minimum absolute atomic E-state index is 0.204. The van der Waals surface area contributed by atoms with Crippen molar-refractivity contribution in [2.24, 2.45) is 0 Å². The monoisotopic (exact) mass is 225 g/mol. The van der Waals surface area contributed by atoms with E-state index in [1.807, 2.05) is 0 Å². The summed E-state index contributed by atoms with van der Waals surface area (Å²) in [4.78, 5) is 17.4. The highest BCUT2D eigenvalue weighted by Crippen LogP contribution is 1.94. The van der Waals surface area contributed by atoms with Crippen LogP contribution in [0.2, 0.25) is 0 Å². The van der Waals surface area contributed by atoms with Crippen molar-refractivity contribution in [1.29, 1.82) is 0 Å². The SMILES string of the molecule is CC(C)N(C)CCCNC(=O)c1ncn[nH]1. The van der Waals surface area contributed by atoms with Gasteiger partial charge in [0.05, 0.1) is 0 Å². The number of carbonyl (C=O) groups is 1. The summed E-state index contributed by atoms with van der Waals surface area (Å²) < 4.78 is 0. The van der Waals surface area contributed by atoms with Crippen molar-refractivity contribution in [3.05, 3.63) is 12.2 Å². The highest BCUT2D eigenvalue weighted by Gasteiger charge is 2.07. The molecule has 0 spiro atoms. The Hall–Kier alpha value is -1.43. The Kier molecular flexibility index (Phi) is 4.91. The van der Waals surface area contributed by atoms with Crippen molar-refractivity contribution < 1.29 is 4.79 Å². The van der Waals surface area contributed by atoms with E-state index in [1.54, 1.807) is 0 Å². The Balaban J connectivity index is 2.14. The third-order valence-electron chi connectivity index (χ3n) is 2.48. The number of rotatable bonds is 6. The van der Waals surface area contributed by atoms with Gasteiger partial charge in [-0.15, -0.1) is 0 Å². The number of amides is 1. The minimum Gasteiger partial charge on any atom is -0.349 e. The summed E-state index contributed by atoms with van der Waals surface area (Å²) in [6, 6.07) is 0.532. The van der Waals surface area contributed by atoms with Gasteiger partial charge in [0, 0.05) is 12.6 Å². The minimum atomic E-state index is -0.204. The smallest absolute Gasteiger partial charge is 0.288 e. The predicted octanol–water partition coefficient (Wildman–Crippen LogP) is 0.265. The number of carbonyl (C=O) groups excluding carboxylic acids is 1. The van der Waals surface area contributed by atoms with Crippen molar-refractivity contribution in [2.75, 3.05) is 20.1 Å². The summed E-state index contributed by atoms with van der Waals surface area (Å²) in [5.74, 6) is 0.0573. The van der Waals surface area contributed by atoms with Crippen LogP contribution < -0.4 is 5.32 Å². The third-order valence-corrected chi connectivity index (χ3v) is 2.48. The van der Waals surface area contributed by atoms with Crippen molar-refractivity contribution in [3.63, 3.8) is 0 Å². The lowest BCUT2D eigenvalue weighted by atomic mass is 10.3. The molecule has 0 aliphatic rings. The Labute approximate surface area is 95.4 Å². The van der Waals surface area contributed by atoms with E-state index < -0.39 is 0 Å². The zero-order valence-electron chi connectivity index (χ0n) is 10.0. The summed E-state index contributed by atoms with van der Waals surface area (Å²) in [5, 5.41) is 8.92. The first-order valence-corrected chi connectivity index (χ1v) is 5.45. The molecule has 0 aliphatic carbocycles. The molecule has 0 aliphatic heterocycles. The molecule has 0 fully saturated rings. The van der Waals surface area contributed by atoms with Crippen molar-refractivity contribution in [2.45, 2.75) is 26.3 Å². The molecule has 1 heterocycles. The molecule has 0 radical (unpaired) electrons. The van der Waals surface area contributed by atoms with Crippen LogP contribution >= 0.6 is 0 Å². The molecule has 16 heavy (non-hydrogen) atoms. The maximum atomic E-state index is 11.4. The van der Waals surface area contributed by atoms with Crippen molar-refractivity contribution in [1.82, 2.24) is 25.4 Å². The van der Waals surface area contributed by atoms with Gasteiger partial charge in [0.1, 0.15) is 6.33 Å². The van der Waals surface area contributed by atoms with Gasteiger partial charge in [0.25, 0.3) is 5.91 Å². The molecular formula is C10H19N5O. The number of nitrogens with one attached hydrogen (secondary N) is 2. The Morgan fingerprint density at radius 1 is 1.62 bits per heavy atom. The predicted molar refractivity (Wildman–Crippen MR) is 61.1 cm³/mol. The van der Waals surface area contributed by atoms with E-state index in [2.05, 4.69) is 46.3 Å². The van der Waals surface area contributed by atoms with Crippen molar-refractivity contribution >= 4 is 5.91 Å². The molecule has 0 saturated carbocycles. The summed E-state index contributed by atoms with van der Waals surface area (Å²) >= 11 is 0. The average molecular weight is 225 g/mol. The van der Waals surface area contributed by atoms with Gasteiger partial charge in [-0.1, -0.05) is 0 Å². The van der Waals surface area contributed by atoms with Crippen LogP contribution in [0.5, 0.6) is 0 Å². The highest BCUT2D eigenvalue weighted by atomic mass is 16.2. The first-order valence-electron chi connectivity index (χ1n) is 5.45. The molecule has 1 aromatic heterocycles. The Morgan fingerprint density at radius 2 is 2.38 bits per heavy atom. The summed E-state index contributed by atoms with van der Waals surface area (Å²) in [7, 11) is 2.07. The van der Waals surface area contributed by atoms with Crippen molar-refractivity contribution in [3.8, 4) is 0 Å². The maximum absolute atomic E-state index is 11.4. The fourth-order valence-electron chi connectivity index (χ4n) is 1.19. The average Bonchev–Trinajstić information content (AvgIpc) is 2.76. The Bertz CT molecular complexity index is 309. The zero-order chi connectivity index (χ0) is 12.0. The van der Waals surface area contributed by atoms with Gasteiger partial charge in [0.15, 0.2) is 0 Å². The van der Waals surface area contributed by atoms with Gasteiger partial charge < -0.3 is 10.2 Å². The molecule has 6 nitrogen and oxygen atoms in total. The molecule has 1 aromatic rings. The molecule has 0 bridgehead atoms. The highest BCUT2D eigenvalue weighted by molar-refractivity contribution is 5.90. The van der Waals surface area contributed by atoms with Crippen LogP contribution in [0, 0.1) is 0 Å². The van der Waals surface area contributed by atoms with Crippen LogP contribution in [0.25, 0.3) is 0 Å². The van der Waals surface area contributed by atoms with E-state index in [0.29, 0.717) is 12.6 Å². The van der Waals surface area contributed by atoms with Crippen LogP contribution in [0.15, 0.2) is 6.33 Å². The summed E-state index contributed by atoms with van der Waals surface area (Å²) in [6.45, 7) is 5.91. The molecule has 1 rings (SSSR count). The molecule has 2 N–H and O–H groups in total. The van der Waals surface area contributed by atoms with Gasteiger partial charge in [-0.3, -0.25) is 9.89 Å². The van der Waals surface area contributed by atoms with E-state index in [-0.39, 0.29) is 11.7 Å². The number of aromatic nitrogens is 3. The van der Waals surface area contributed by atoms with E-state index in [9.17, 15) is 4.79 Å². The second kappa shape index (κ2) is 6.22. The van der Waals surface area contributed by atoms with E-state index in [1.165, 1.54) is 6.33 Å². The van der Waals surface area contributed by atoms with Crippen LogP contribution in [0.1, 0.15) is 30.9 Å². The van der Waals surface area contributed by atoms with Gasteiger partial charge in [-0.05, 0) is 33.9 Å². The van der Waals surface area contributed by atoms with Crippen LogP contribution in [0.4, 0.5) is 0 Å². The fraction of sp³-hybridized carbons (Fsp3) is 0.700. The third kappa shape index (κ3) is 3.98. The second-order valence-corrected chi connectivity index (χ2v) is 4.02. The summed E-state index contributed by atoms with van der Waals surface area (Å²) in [5.41, 5.74) is 0. The first kappa shape index (κ1) is 12.6. The van der Waals surface area contributed by atoms with Crippen LogP contribution in [0.3, 0.4) is 0 Å². The molecular weight excluding hydrogens is 206 g/mol. The number of aromatic amines is 1. The van der Waals surface area contributed by atoms with Crippen LogP contribution in [-0.4, -0.2) is 52.2 Å². The maximum Gasteiger partial charge on any atom is 0.288 e. The fourth-order valence-corrected chi connectivity index (χ4v) is 1.19. The largest absolute Gasteiger partial charge is 0.349 e. The van der Waals surface area contributed by atoms with Gasteiger partial charge in [0.2, 0.25) is 5.82 Å². The van der Waals surface area contributed by atoms with Gasteiger partial charge in [-0.2, -0.15) is 5.10 Å². The molecule has 0 atom stereocenters. The first-order chi connectivity index (χ1) is 7.61. The van der Waals surface area contributed by atoms with E-state index in [0.717, 1.165) is 13.0 Å². The standard InChI is InChI=1S/C10H19N5O/c1-8(2)15(3)6-4-5-11-10(16)9-12-7-13-14-9/h7-8H,4-6H2,1-3H3,(H,11,16)(H,12,13,14). The number of H-pyrrole nitrogens is 1. The van der Waals surface area contributed by atoms with Gasteiger partial charge >= 0.3 is 0 Å². The molecule has 1 amide bonds. The lowest BCUT2D eigenvalue weighted by molar-refractivity contribution is 0.0941. The molecule has 6 heteroatoms. The zero-order valence-corrected chi connectivity index (χ0v) is 10.0. The molecule has 90 valence electrons. The van der Waals surface area contributed by atoms with E-state index >= 15 is 0 Å². The lowest BCUT2D eigenvalue weighted by Gasteiger charge is -2.20. The number of hydrogen-bond donors (Lipinski definition) is 2. The normalized spacial score (nSPS) is 11.1.